The lowest BCUT2D eigenvalue weighted by Crippen LogP contribution is -2.35. The molecule has 0 aromatic rings. The van der Waals surface area contributed by atoms with E-state index in [4.69, 9.17) is 4.74 Å². The highest BCUT2D eigenvalue weighted by Crippen LogP contribution is 2.23. The van der Waals surface area contributed by atoms with Crippen molar-refractivity contribution >= 4 is 0 Å². The van der Waals surface area contributed by atoms with Crippen molar-refractivity contribution < 1.29 is 32.1 Å². The van der Waals surface area contributed by atoms with E-state index in [1.807, 2.05) is 0 Å². The second kappa shape index (κ2) is 5.79. The van der Waals surface area contributed by atoms with Crippen LogP contribution >= 0.6 is 0 Å². The summed E-state index contributed by atoms with van der Waals surface area (Å²) >= 11 is 0. The molecule has 0 spiro atoms. The van der Waals surface area contributed by atoms with E-state index in [0.29, 0.717) is 19.6 Å². The molecule has 2 unspecified atom stereocenters. The standard InChI is InChI=1S/C9H14F4O3/c10-8(11)9(12,13)5-16-4-7(14)6-1-2-15-3-6/h6-8,14H,1-5H2. The zero-order valence-electron chi connectivity index (χ0n) is 8.54. The Morgan fingerprint density at radius 1 is 1.44 bits per heavy atom. The predicted molar refractivity (Wildman–Crippen MR) is 46.7 cm³/mol. The maximum absolute atomic E-state index is 12.4. The highest BCUT2D eigenvalue weighted by atomic mass is 19.3. The summed E-state index contributed by atoms with van der Waals surface area (Å²) in [6.45, 7) is -0.906. The summed E-state index contributed by atoms with van der Waals surface area (Å²) in [4.78, 5) is 0. The van der Waals surface area contributed by atoms with Crippen molar-refractivity contribution in [1.29, 1.82) is 0 Å². The van der Waals surface area contributed by atoms with Crippen LogP contribution in [0.25, 0.3) is 0 Å². The minimum absolute atomic E-state index is 0.167. The monoisotopic (exact) mass is 246 g/mol. The Morgan fingerprint density at radius 2 is 2.12 bits per heavy atom. The van der Waals surface area contributed by atoms with E-state index in [0.717, 1.165) is 0 Å². The minimum Gasteiger partial charge on any atom is -0.390 e. The summed E-state index contributed by atoms with van der Waals surface area (Å²) in [7, 11) is 0. The van der Waals surface area contributed by atoms with Gasteiger partial charge in [-0.15, -0.1) is 0 Å². The first-order chi connectivity index (χ1) is 7.43. The van der Waals surface area contributed by atoms with E-state index < -0.39 is 25.1 Å². The molecule has 1 N–H and O–H groups in total. The Labute approximate surface area is 90.3 Å². The first-order valence-electron chi connectivity index (χ1n) is 4.93. The molecule has 16 heavy (non-hydrogen) atoms. The summed E-state index contributed by atoms with van der Waals surface area (Å²) in [6, 6.07) is 0. The molecule has 1 aliphatic heterocycles. The largest absolute Gasteiger partial charge is 0.390 e. The SMILES string of the molecule is OC(COCC(F)(F)C(F)F)C1CCOC1. The normalized spacial score (nSPS) is 24.0. The summed E-state index contributed by atoms with van der Waals surface area (Å²) in [5.41, 5.74) is 0. The number of hydrogen-bond donors (Lipinski definition) is 1. The number of ether oxygens (including phenoxy) is 2. The van der Waals surface area contributed by atoms with Crippen LogP contribution in [0.2, 0.25) is 0 Å². The van der Waals surface area contributed by atoms with Crippen molar-refractivity contribution in [2.45, 2.75) is 24.9 Å². The van der Waals surface area contributed by atoms with E-state index in [2.05, 4.69) is 4.74 Å². The van der Waals surface area contributed by atoms with Gasteiger partial charge in [0.05, 0.1) is 19.3 Å². The van der Waals surface area contributed by atoms with Crippen LogP contribution in [0.15, 0.2) is 0 Å². The third-order valence-corrected chi connectivity index (χ3v) is 2.41. The molecule has 0 aromatic heterocycles. The first kappa shape index (κ1) is 13.7. The molecule has 1 heterocycles. The first-order valence-corrected chi connectivity index (χ1v) is 4.93. The minimum atomic E-state index is -4.16. The third-order valence-electron chi connectivity index (χ3n) is 2.41. The van der Waals surface area contributed by atoms with Gasteiger partial charge in [-0.3, -0.25) is 0 Å². The quantitative estimate of drug-likeness (QED) is 0.718. The summed E-state index contributed by atoms with van der Waals surface area (Å²) < 4.78 is 57.6. The van der Waals surface area contributed by atoms with Gasteiger partial charge in [-0.1, -0.05) is 0 Å². The molecule has 3 nitrogen and oxygen atoms in total. The van der Waals surface area contributed by atoms with Gasteiger partial charge in [-0.2, -0.15) is 8.78 Å². The van der Waals surface area contributed by atoms with Crippen molar-refractivity contribution in [3.05, 3.63) is 0 Å². The fourth-order valence-corrected chi connectivity index (χ4v) is 1.37. The summed E-state index contributed by atoms with van der Waals surface area (Å²) in [6.07, 6.45) is -4.08. The van der Waals surface area contributed by atoms with Crippen molar-refractivity contribution in [3.63, 3.8) is 0 Å². The zero-order chi connectivity index (χ0) is 12.2. The Kier molecular flexibility index (Phi) is 4.94. The van der Waals surface area contributed by atoms with Gasteiger partial charge in [0.1, 0.15) is 6.61 Å². The molecule has 0 amide bonds. The fraction of sp³-hybridized carbons (Fsp3) is 1.00. The Bertz CT molecular complexity index is 207. The Morgan fingerprint density at radius 3 is 2.62 bits per heavy atom. The van der Waals surface area contributed by atoms with Gasteiger partial charge in [-0.25, -0.2) is 8.78 Å². The lowest BCUT2D eigenvalue weighted by Gasteiger charge is -2.19. The Hall–Kier alpha value is -0.400. The van der Waals surface area contributed by atoms with E-state index in [-0.39, 0.29) is 12.5 Å². The van der Waals surface area contributed by atoms with Crippen LogP contribution in [-0.4, -0.2) is 50.0 Å². The maximum atomic E-state index is 12.4. The van der Waals surface area contributed by atoms with Crippen molar-refractivity contribution in [3.8, 4) is 0 Å². The smallest absolute Gasteiger partial charge is 0.330 e. The van der Waals surface area contributed by atoms with E-state index >= 15 is 0 Å². The summed E-state index contributed by atoms with van der Waals surface area (Å²) in [5.74, 6) is -4.33. The van der Waals surface area contributed by atoms with Crippen LogP contribution < -0.4 is 0 Å². The van der Waals surface area contributed by atoms with Crippen LogP contribution in [0.1, 0.15) is 6.42 Å². The predicted octanol–water partition coefficient (Wildman–Crippen LogP) is 1.30. The molecule has 7 heteroatoms. The van der Waals surface area contributed by atoms with Crippen molar-refractivity contribution in [2.75, 3.05) is 26.4 Å². The number of halogens is 4. The van der Waals surface area contributed by atoms with Gasteiger partial charge in [0.15, 0.2) is 0 Å². The lowest BCUT2D eigenvalue weighted by molar-refractivity contribution is -0.172. The van der Waals surface area contributed by atoms with Crippen LogP contribution in [0.5, 0.6) is 0 Å². The van der Waals surface area contributed by atoms with Crippen LogP contribution in [0, 0.1) is 5.92 Å². The van der Waals surface area contributed by atoms with Gasteiger partial charge < -0.3 is 14.6 Å². The maximum Gasteiger partial charge on any atom is 0.330 e. The number of aliphatic hydroxyl groups is 1. The molecule has 1 aliphatic rings. The number of hydrogen-bond acceptors (Lipinski definition) is 3. The molecular formula is C9H14F4O3. The summed E-state index contributed by atoms with van der Waals surface area (Å²) in [5, 5.41) is 9.45. The number of rotatable bonds is 6. The molecule has 0 aliphatic carbocycles. The molecule has 0 bridgehead atoms. The molecule has 1 rings (SSSR count). The molecular weight excluding hydrogens is 232 g/mol. The lowest BCUT2D eigenvalue weighted by atomic mass is 10.0. The zero-order valence-corrected chi connectivity index (χ0v) is 8.54. The van der Waals surface area contributed by atoms with Gasteiger partial charge in [0.25, 0.3) is 0 Å². The second-order valence-corrected chi connectivity index (χ2v) is 3.77. The molecule has 0 aromatic carbocycles. The van der Waals surface area contributed by atoms with Crippen LogP contribution in [-0.2, 0) is 9.47 Å². The highest BCUT2D eigenvalue weighted by molar-refractivity contribution is 4.73. The molecule has 96 valence electrons. The molecule has 2 atom stereocenters. The van der Waals surface area contributed by atoms with E-state index in [1.165, 1.54) is 0 Å². The second-order valence-electron chi connectivity index (χ2n) is 3.77. The average molecular weight is 246 g/mol. The topological polar surface area (TPSA) is 38.7 Å². The number of alkyl halides is 4. The number of aliphatic hydroxyl groups excluding tert-OH is 1. The molecule has 1 saturated heterocycles. The third kappa shape index (κ3) is 3.88. The highest BCUT2D eigenvalue weighted by Gasteiger charge is 2.41. The fourth-order valence-electron chi connectivity index (χ4n) is 1.37. The van der Waals surface area contributed by atoms with Gasteiger partial charge in [-0.05, 0) is 6.42 Å². The molecule has 0 radical (unpaired) electrons. The molecule has 0 saturated carbocycles. The van der Waals surface area contributed by atoms with Gasteiger partial charge >= 0.3 is 12.3 Å². The van der Waals surface area contributed by atoms with E-state index in [1.54, 1.807) is 0 Å². The molecule has 1 fully saturated rings. The van der Waals surface area contributed by atoms with Crippen molar-refractivity contribution in [1.82, 2.24) is 0 Å². The van der Waals surface area contributed by atoms with Gasteiger partial charge in [0.2, 0.25) is 0 Å². The Balaban J connectivity index is 2.19. The van der Waals surface area contributed by atoms with Gasteiger partial charge in [0, 0.05) is 12.5 Å². The average Bonchev–Trinajstić information content (AvgIpc) is 2.69. The van der Waals surface area contributed by atoms with Crippen LogP contribution in [0.4, 0.5) is 17.6 Å². The van der Waals surface area contributed by atoms with E-state index in [9.17, 15) is 22.7 Å². The van der Waals surface area contributed by atoms with Crippen LogP contribution in [0.3, 0.4) is 0 Å². The van der Waals surface area contributed by atoms with Crippen molar-refractivity contribution in [2.24, 2.45) is 5.92 Å².